The molecular formula is C71H48F3N11O6. The molecule has 17 nitrogen and oxygen atoms in total. The first kappa shape index (κ1) is 58.8. The van der Waals surface area contributed by atoms with E-state index in [9.17, 15) is 33.6 Å². The van der Waals surface area contributed by atoms with E-state index in [1.807, 2.05) is 97.1 Å². The molecule has 0 fully saturated rings. The molecule has 9 heterocycles. The Balaban J connectivity index is 0.000000127. The third kappa shape index (κ3) is 12.2. The summed E-state index contributed by atoms with van der Waals surface area (Å²) in [7, 11) is 0. The highest BCUT2D eigenvalue weighted by molar-refractivity contribution is 6.08. The zero-order valence-electron chi connectivity index (χ0n) is 47.9. The van der Waals surface area contributed by atoms with E-state index < -0.39 is 11.8 Å². The average Bonchev–Trinajstić information content (AvgIpc) is 0.925. The molecule has 0 unspecified atom stereocenters. The van der Waals surface area contributed by atoms with E-state index in [-0.39, 0.29) is 17.3 Å². The maximum atomic E-state index is 14.5. The van der Waals surface area contributed by atoms with Gasteiger partial charge in [0.2, 0.25) is 0 Å². The molecular weight excluding hydrogens is 1160 g/mol. The number of hydrogen-bond donors (Lipinski definition) is 3. The lowest BCUT2D eigenvalue weighted by Gasteiger charge is -2.13. The molecule has 0 amide bonds. The van der Waals surface area contributed by atoms with Gasteiger partial charge in [-0.05, 0) is 147 Å². The topological polar surface area (TPSA) is 257 Å². The van der Waals surface area contributed by atoms with Gasteiger partial charge in [0, 0.05) is 85.8 Å². The molecule has 0 radical (unpaired) electrons. The van der Waals surface area contributed by atoms with Gasteiger partial charge in [-0.25, -0.2) is 47.6 Å². The molecule has 20 heteroatoms. The number of benzene rings is 6. The van der Waals surface area contributed by atoms with Crippen molar-refractivity contribution < 1.29 is 42.3 Å². The van der Waals surface area contributed by atoms with Crippen molar-refractivity contribution in [2.24, 2.45) is 0 Å². The molecule has 9 aromatic heterocycles. The predicted octanol–water partition coefficient (Wildman–Crippen LogP) is 13.9. The maximum absolute atomic E-state index is 14.5. The van der Waals surface area contributed by atoms with Gasteiger partial charge in [0.1, 0.15) is 29.1 Å². The minimum Gasteiger partial charge on any atom is -0.710 e. The molecule has 0 saturated heterocycles. The van der Waals surface area contributed by atoms with Crippen LogP contribution in [0.3, 0.4) is 0 Å². The summed E-state index contributed by atoms with van der Waals surface area (Å²) in [4.78, 5) is 39.0. The van der Waals surface area contributed by atoms with Gasteiger partial charge in [-0.2, -0.15) is 14.7 Å². The van der Waals surface area contributed by atoms with Crippen LogP contribution in [0.25, 0.3) is 133 Å². The summed E-state index contributed by atoms with van der Waals surface area (Å²) in [6, 6.07) is 58.6. The molecule has 6 aromatic carbocycles. The van der Waals surface area contributed by atoms with Crippen molar-refractivity contribution in [1.82, 2.24) is 29.9 Å². The van der Waals surface area contributed by atoms with Crippen LogP contribution in [-0.2, 0) is 9.68 Å². The summed E-state index contributed by atoms with van der Waals surface area (Å²) in [6.07, 6.45) is 10.7. The molecule has 0 saturated carbocycles. The number of anilines is 2. The largest absolute Gasteiger partial charge is 0.710 e. The SMILES string of the molecule is CC(=O)OO.Nc1ccc2c(-c3cccc4c(N)nccc34)cc(-c3ccccc3F)nc2n1.[O-][n+]1ccc2c(-c3cc(-c4ccccc4F)nc4c3ccc[n+]4[O-])cccc2c1.[O-][n+]1ccc2c(-c3cc(-c4ccccc4F)nc4ncccc34)cccc2c1. The number of rotatable bonds is 6. The monoisotopic (exact) mass is 1210 g/mol. The molecule has 0 spiro atoms. The summed E-state index contributed by atoms with van der Waals surface area (Å²) < 4.78 is 45.5. The average molecular weight is 1210 g/mol. The van der Waals surface area contributed by atoms with Gasteiger partial charge in [0.05, 0.1) is 28.5 Å². The minimum atomic E-state index is -0.690. The molecule has 91 heavy (non-hydrogen) atoms. The van der Waals surface area contributed by atoms with Crippen LogP contribution in [0.15, 0.2) is 244 Å². The number of hydrogen-bond acceptors (Lipinski definition) is 14. The second kappa shape index (κ2) is 25.4. The number of carbonyl (C=O) groups is 1. The van der Waals surface area contributed by atoms with Crippen LogP contribution in [0.5, 0.6) is 0 Å². The number of pyridine rings is 9. The summed E-state index contributed by atoms with van der Waals surface area (Å²) in [6.45, 7) is 1.11. The molecule has 0 atom stereocenters. The number of aromatic nitrogens is 9. The lowest BCUT2D eigenvalue weighted by atomic mass is 9.95. The Bertz CT molecular complexity index is 5320. The van der Waals surface area contributed by atoms with E-state index in [1.54, 1.807) is 97.3 Å². The molecule has 15 aromatic rings. The van der Waals surface area contributed by atoms with E-state index in [0.717, 1.165) is 92.9 Å². The van der Waals surface area contributed by atoms with Crippen molar-refractivity contribution in [3.8, 4) is 67.2 Å². The molecule has 0 aliphatic carbocycles. The van der Waals surface area contributed by atoms with Gasteiger partial charge < -0.3 is 32.0 Å². The zero-order valence-corrected chi connectivity index (χ0v) is 47.9. The summed E-state index contributed by atoms with van der Waals surface area (Å²) in [5.74, 6) is -0.969. The van der Waals surface area contributed by atoms with E-state index in [4.69, 9.17) is 16.7 Å². The van der Waals surface area contributed by atoms with Gasteiger partial charge in [0.15, 0.2) is 41.8 Å². The summed E-state index contributed by atoms with van der Waals surface area (Å²) in [5.41, 5.74) is 20.9. The standard InChI is InChI=1S/C23H16FN5.C23H14FN3O2.C23H14FN3O.C2H4O3/c24-19-7-2-1-4-17(19)20-12-18(16-8-9-21(25)29-23(16)28-20)13-5-3-6-15-14(13)10-11-27-22(15)26;24-21-9-2-1-6-19(21)22-13-20(18-8-4-11-27(29)23(18)25-22)17-7-3-5-15-14-26(28)12-10-16(15)17;24-21-9-2-1-6-19(21)22-13-20(18-8-4-11-25-23(18)26-22)17-7-3-5-15-14-27(28)12-10-16(15)17;1-2(3)5-4/h1-12H,(H2,26,27)(H2,25,28,29);1-14H;1-14H;4H,1H3. The van der Waals surface area contributed by atoms with Crippen molar-refractivity contribution in [2.75, 3.05) is 11.5 Å². The lowest BCUT2D eigenvalue weighted by molar-refractivity contribution is -0.604. The van der Waals surface area contributed by atoms with Crippen LogP contribution < -0.4 is 25.7 Å². The maximum Gasteiger partial charge on any atom is 0.339 e. The van der Waals surface area contributed by atoms with Gasteiger partial charge in [-0.3, -0.25) is 0 Å². The molecule has 0 aliphatic heterocycles. The summed E-state index contributed by atoms with van der Waals surface area (Å²) in [5, 5.41) is 50.6. The first-order chi connectivity index (χ1) is 44.2. The van der Waals surface area contributed by atoms with Crippen molar-refractivity contribution >= 4 is 83.0 Å². The molecule has 5 N–H and O–H groups in total. The Kier molecular flexibility index (Phi) is 16.4. The normalized spacial score (nSPS) is 11.0. The number of fused-ring (bicyclic) bond motifs is 6. The van der Waals surface area contributed by atoms with Crippen LogP contribution in [0.4, 0.5) is 24.8 Å². The van der Waals surface area contributed by atoms with Crippen molar-refractivity contribution in [3.05, 3.63) is 277 Å². The van der Waals surface area contributed by atoms with Gasteiger partial charge in [-0.1, -0.05) is 78.9 Å². The number of carbonyl (C=O) groups excluding carboxylic acids is 1. The fraction of sp³-hybridized carbons (Fsp3) is 0.0141. The summed E-state index contributed by atoms with van der Waals surface area (Å²) >= 11 is 0. The van der Waals surface area contributed by atoms with E-state index in [1.165, 1.54) is 49.2 Å². The van der Waals surface area contributed by atoms with E-state index in [0.29, 0.717) is 66.8 Å². The molecule has 15 rings (SSSR count). The van der Waals surface area contributed by atoms with Crippen LogP contribution in [0, 0.1) is 33.1 Å². The first-order valence-electron chi connectivity index (χ1n) is 28.0. The first-order valence-corrected chi connectivity index (χ1v) is 28.0. The smallest absolute Gasteiger partial charge is 0.339 e. The fourth-order valence-corrected chi connectivity index (χ4v) is 10.8. The number of halogens is 3. The van der Waals surface area contributed by atoms with E-state index >= 15 is 0 Å². The number of nitrogens with two attached hydrogens (primary N) is 2. The number of nitrogens with zero attached hydrogens (tertiary/aromatic N) is 9. The van der Waals surface area contributed by atoms with Crippen molar-refractivity contribution in [2.45, 2.75) is 6.92 Å². The lowest BCUT2D eigenvalue weighted by Crippen LogP contribution is -2.27. The molecule has 0 aliphatic rings. The highest BCUT2D eigenvalue weighted by Crippen LogP contribution is 2.40. The highest BCUT2D eigenvalue weighted by Gasteiger charge is 2.22. The Morgan fingerprint density at radius 2 is 0.890 bits per heavy atom. The van der Waals surface area contributed by atoms with Crippen LogP contribution in [0.1, 0.15) is 6.92 Å². The Labute approximate surface area is 515 Å². The zero-order chi connectivity index (χ0) is 63.3. The Morgan fingerprint density at radius 3 is 1.44 bits per heavy atom. The van der Waals surface area contributed by atoms with Crippen LogP contribution in [0.2, 0.25) is 0 Å². The molecule has 444 valence electrons. The Hall–Kier alpha value is -12.6. The van der Waals surface area contributed by atoms with Crippen LogP contribution >= 0.6 is 0 Å². The third-order valence-electron chi connectivity index (χ3n) is 14.9. The van der Waals surface area contributed by atoms with E-state index in [2.05, 4.69) is 34.8 Å². The van der Waals surface area contributed by atoms with Crippen molar-refractivity contribution in [3.63, 3.8) is 0 Å². The predicted molar refractivity (Wildman–Crippen MR) is 344 cm³/mol. The fourth-order valence-electron chi connectivity index (χ4n) is 10.8. The third-order valence-corrected chi connectivity index (χ3v) is 14.9. The van der Waals surface area contributed by atoms with Gasteiger partial charge >= 0.3 is 11.6 Å². The second-order valence-electron chi connectivity index (χ2n) is 20.6. The second-order valence-corrected chi connectivity index (χ2v) is 20.6. The highest BCUT2D eigenvalue weighted by atomic mass is 19.1. The van der Waals surface area contributed by atoms with Gasteiger partial charge in [-0.15, -0.1) is 0 Å². The quantitative estimate of drug-likeness (QED) is 0.0606. The van der Waals surface area contributed by atoms with Crippen molar-refractivity contribution in [1.29, 1.82) is 0 Å². The minimum absolute atomic E-state index is 0.204. The Morgan fingerprint density at radius 1 is 0.429 bits per heavy atom. The van der Waals surface area contributed by atoms with Crippen LogP contribution in [-0.4, -0.2) is 41.1 Å². The molecule has 0 bridgehead atoms. The number of nitrogen functional groups attached to an aromatic ring is 2. The van der Waals surface area contributed by atoms with Gasteiger partial charge in [0.25, 0.3) is 0 Å².